The zero-order valence-electron chi connectivity index (χ0n) is 19.3. The maximum absolute atomic E-state index is 10.2. The van der Waals surface area contributed by atoms with E-state index >= 15 is 0 Å². The molecule has 1 atom stereocenters. The molecule has 0 fully saturated rings. The molecule has 0 radical (unpaired) electrons. The van der Waals surface area contributed by atoms with E-state index in [2.05, 4.69) is 54.7 Å². The molecular weight excluding hydrogens is 378 g/mol. The van der Waals surface area contributed by atoms with Crippen LogP contribution < -0.4 is 9.47 Å². The molecule has 1 unspecified atom stereocenters. The zero-order valence-corrected chi connectivity index (χ0v) is 19.3. The van der Waals surface area contributed by atoms with E-state index in [4.69, 9.17) is 9.47 Å². The summed E-state index contributed by atoms with van der Waals surface area (Å²) in [5.41, 5.74) is 3.44. The van der Waals surface area contributed by atoms with Gasteiger partial charge in [-0.1, -0.05) is 19.1 Å². The minimum Gasteiger partial charge on any atom is -0.493 e. The molecule has 0 aliphatic carbocycles. The Balaban J connectivity index is 1.92. The molecule has 0 bridgehead atoms. The Morgan fingerprint density at radius 3 is 2.37 bits per heavy atom. The lowest BCUT2D eigenvalue weighted by molar-refractivity contribution is 0.0668. The topological polar surface area (TPSA) is 58.1 Å². The fourth-order valence-corrected chi connectivity index (χ4v) is 3.11. The molecule has 166 valence electrons. The van der Waals surface area contributed by atoms with Gasteiger partial charge in [0.2, 0.25) is 0 Å². The fraction of sp³-hybridized carbons (Fsp3) is 0.542. The van der Waals surface area contributed by atoms with Gasteiger partial charge < -0.3 is 19.5 Å². The van der Waals surface area contributed by atoms with Crippen molar-refractivity contribution in [3.05, 3.63) is 53.3 Å². The maximum Gasteiger partial charge on any atom is 0.161 e. The standard InChI is InChI=1S/C24H37N3O3/c1-7-19-8-10-21(25-13-19)15-26(4)14-20-9-11-23(24(12-20)29-6)30-17-22(28)16-27(5)18(2)3/h8-13,18,22,28H,7,14-17H2,1-6H3. The second kappa shape index (κ2) is 11.9. The zero-order chi connectivity index (χ0) is 22.1. The fourth-order valence-electron chi connectivity index (χ4n) is 3.11. The van der Waals surface area contributed by atoms with E-state index in [9.17, 15) is 5.11 Å². The highest BCUT2D eigenvalue weighted by atomic mass is 16.5. The summed E-state index contributed by atoms with van der Waals surface area (Å²) in [4.78, 5) is 8.85. The van der Waals surface area contributed by atoms with Gasteiger partial charge in [0.05, 0.1) is 12.8 Å². The molecular formula is C24H37N3O3. The van der Waals surface area contributed by atoms with Crippen LogP contribution in [0.2, 0.25) is 0 Å². The van der Waals surface area contributed by atoms with Crippen LogP contribution in [0.4, 0.5) is 0 Å². The summed E-state index contributed by atoms with van der Waals surface area (Å²) < 4.78 is 11.3. The van der Waals surface area contributed by atoms with Gasteiger partial charge in [-0.15, -0.1) is 0 Å². The molecule has 1 N–H and O–H groups in total. The number of methoxy groups -OCH3 is 1. The Morgan fingerprint density at radius 2 is 1.77 bits per heavy atom. The third kappa shape index (κ3) is 7.59. The number of likely N-dealkylation sites (N-methyl/N-ethyl adjacent to an activating group) is 1. The van der Waals surface area contributed by atoms with Crippen molar-refractivity contribution in [1.29, 1.82) is 0 Å². The monoisotopic (exact) mass is 415 g/mol. The summed E-state index contributed by atoms with van der Waals surface area (Å²) in [5.74, 6) is 1.32. The molecule has 6 heteroatoms. The molecule has 1 heterocycles. The first-order valence-corrected chi connectivity index (χ1v) is 10.6. The number of nitrogens with zero attached hydrogens (tertiary/aromatic N) is 3. The van der Waals surface area contributed by atoms with Crippen molar-refractivity contribution in [3.63, 3.8) is 0 Å². The average Bonchev–Trinajstić information content (AvgIpc) is 2.73. The Labute approximate surface area is 181 Å². The highest BCUT2D eigenvalue weighted by molar-refractivity contribution is 5.43. The lowest BCUT2D eigenvalue weighted by Crippen LogP contribution is -2.36. The lowest BCUT2D eigenvalue weighted by atomic mass is 10.1. The van der Waals surface area contributed by atoms with Crippen LogP contribution in [-0.2, 0) is 19.5 Å². The first-order chi connectivity index (χ1) is 14.3. The van der Waals surface area contributed by atoms with Gasteiger partial charge in [-0.25, -0.2) is 0 Å². The van der Waals surface area contributed by atoms with Gasteiger partial charge in [0.1, 0.15) is 12.7 Å². The van der Waals surface area contributed by atoms with Crippen molar-refractivity contribution in [2.24, 2.45) is 0 Å². The van der Waals surface area contributed by atoms with Gasteiger partial charge in [-0.3, -0.25) is 9.88 Å². The molecule has 1 aromatic carbocycles. The maximum atomic E-state index is 10.2. The molecule has 0 saturated carbocycles. The minimum atomic E-state index is -0.556. The first-order valence-electron chi connectivity index (χ1n) is 10.6. The van der Waals surface area contributed by atoms with Crippen molar-refractivity contribution < 1.29 is 14.6 Å². The number of ether oxygens (including phenoxy) is 2. The van der Waals surface area contributed by atoms with E-state index in [0.29, 0.717) is 24.1 Å². The van der Waals surface area contributed by atoms with Gasteiger partial charge in [-0.05, 0) is 63.7 Å². The number of hydrogen-bond donors (Lipinski definition) is 1. The molecule has 0 spiro atoms. The Morgan fingerprint density at radius 1 is 1.03 bits per heavy atom. The van der Waals surface area contributed by atoms with Gasteiger partial charge in [0.15, 0.2) is 11.5 Å². The SMILES string of the molecule is CCc1ccc(CN(C)Cc2ccc(OCC(O)CN(C)C(C)C)c(OC)c2)nc1. The van der Waals surface area contributed by atoms with Crippen LogP contribution in [0.3, 0.4) is 0 Å². The third-order valence-electron chi connectivity index (χ3n) is 5.22. The van der Waals surface area contributed by atoms with E-state index in [1.54, 1.807) is 7.11 Å². The van der Waals surface area contributed by atoms with Crippen LogP contribution >= 0.6 is 0 Å². The molecule has 0 saturated heterocycles. The lowest BCUT2D eigenvalue weighted by Gasteiger charge is -2.24. The normalized spacial score (nSPS) is 12.6. The number of aryl methyl sites for hydroxylation is 1. The van der Waals surface area contributed by atoms with Crippen molar-refractivity contribution in [3.8, 4) is 11.5 Å². The predicted octanol–water partition coefficient (Wildman–Crippen LogP) is 3.36. The van der Waals surface area contributed by atoms with Crippen molar-refractivity contribution in [2.45, 2.75) is 52.4 Å². The van der Waals surface area contributed by atoms with E-state index in [-0.39, 0.29) is 6.61 Å². The number of aliphatic hydroxyl groups excluding tert-OH is 1. The van der Waals surface area contributed by atoms with Gasteiger partial charge in [-0.2, -0.15) is 0 Å². The molecule has 30 heavy (non-hydrogen) atoms. The summed E-state index contributed by atoms with van der Waals surface area (Å²) in [7, 11) is 5.71. The molecule has 2 aromatic rings. The summed E-state index contributed by atoms with van der Waals surface area (Å²) in [6, 6.07) is 10.5. The number of aromatic nitrogens is 1. The average molecular weight is 416 g/mol. The quantitative estimate of drug-likeness (QED) is 0.574. The molecule has 2 rings (SSSR count). The number of rotatable bonds is 12. The van der Waals surface area contributed by atoms with Crippen molar-refractivity contribution >= 4 is 0 Å². The Kier molecular flexibility index (Phi) is 9.56. The largest absolute Gasteiger partial charge is 0.493 e. The van der Waals surface area contributed by atoms with Crippen LogP contribution in [0.15, 0.2) is 36.5 Å². The third-order valence-corrected chi connectivity index (χ3v) is 5.22. The van der Waals surface area contributed by atoms with E-state index < -0.39 is 6.10 Å². The highest BCUT2D eigenvalue weighted by Crippen LogP contribution is 2.28. The van der Waals surface area contributed by atoms with Crippen LogP contribution in [0.1, 0.15) is 37.6 Å². The van der Waals surface area contributed by atoms with E-state index in [0.717, 1.165) is 30.8 Å². The second-order valence-corrected chi connectivity index (χ2v) is 8.17. The first kappa shape index (κ1) is 24.1. The van der Waals surface area contributed by atoms with Crippen molar-refractivity contribution in [2.75, 3.05) is 34.4 Å². The minimum absolute atomic E-state index is 0.228. The highest BCUT2D eigenvalue weighted by Gasteiger charge is 2.14. The smallest absolute Gasteiger partial charge is 0.161 e. The summed E-state index contributed by atoms with van der Waals surface area (Å²) in [5, 5.41) is 10.2. The Hall–Kier alpha value is -2.15. The summed E-state index contributed by atoms with van der Waals surface area (Å²) in [6.45, 7) is 8.68. The second-order valence-electron chi connectivity index (χ2n) is 8.17. The number of aliphatic hydroxyl groups is 1. The van der Waals surface area contributed by atoms with E-state index in [1.165, 1.54) is 5.56 Å². The molecule has 0 aliphatic rings. The van der Waals surface area contributed by atoms with Crippen LogP contribution in [-0.4, -0.2) is 66.4 Å². The molecule has 1 aromatic heterocycles. The van der Waals surface area contributed by atoms with Gasteiger partial charge in [0, 0.05) is 31.9 Å². The van der Waals surface area contributed by atoms with Crippen molar-refractivity contribution in [1.82, 2.24) is 14.8 Å². The van der Waals surface area contributed by atoms with Crippen LogP contribution in [0.25, 0.3) is 0 Å². The number of hydrogen-bond acceptors (Lipinski definition) is 6. The van der Waals surface area contributed by atoms with Gasteiger partial charge >= 0.3 is 0 Å². The molecule has 0 amide bonds. The van der Waals surface area contributed by atoms with Crippen LogP contribution in [0.5, 0.6) is 11.5 Å². The molecule has 6 nitrogen and oxygen atoms in total. The summed E-state index contributed by atoms with van der Waals surface area (Å²) >= 11 is 0. The number of pyridine rings is 1. The van der Waals surface area contributed by atoms with Gasteiger partial charge in [0.25, 0.3) is 0 Å². The Bertz CT molecular complexity index is 765. The van der Waals surface area contributed by atoms with Crippen LogP contribution in [0, 0.1) is 0 Å². The number of benzene rings is 1. The molecule has 0 aliphatic heterocycles. The van der Waals surface area contributed by atoms with E-state index in [1.807, 2.05) is 31.4 Å². The summed E-state index contributed by atoms with van der Waals surface area (Å²) in [6.07, 6.45) is 2.40. The predicted molar refractivity (Wildman–Crippen MR) is 121 cm³/mol.